The van der Waals surface area contributed by atoms with E-state index in [0.29, 0.717) is 13.0 Å². The molecule has 0 aliphatic heterocycles. The summed E-state index contributed by atoms with van der Waals surface area (Å²) >= 11 is 0. The number of benzene rings is 2. The van der Waals surface area contributed by atoms with Gasteiger partial charge in [0.2, 0.25) is 5.96 Å². The minimum absolute atomic E-state index is 0.00665. The standard InChI is InChI=1S/C18H22N4O3S/c1-20-18(19)22(21-12-11-14-7-4-3-5-8-14)17(23)15-9-6-10-16(13-15)26(2,24)25/h3-10,13,21H,11-12H2,1-2H3,(H2,19,20). The Labute approximate surface area is 153 Å². The molecule has 3 N–H and O–H groups in total. The molecule has 1 amide bonds. The Morgan fingerprint density at radius 1 is 1.15 bits per heavy atom. The lowest BCUT2D eigenvalue weighted by atomic mass is 10.1. The summed E-state index contributed by atoms with van der Waals surface area (Å²) in [5, 5.41) is 1.13. The molecule has 0 heterocycles. The van der Waals surface area contributed by atoms with Crippen molar-refractivity contribution in [1.29, 1.82) is 0 Å². The SMILES string of the molecule is CN=C(N)N(NCCc1ccccc1)C(=O)c1cccc(S(C)(=O)=O)c1. The van der Waals surface area contributed by atoms with Crippen LogP contribution in [-0.2, 0) is 16.3 Å². The van der Waals surface area contributed by atoms with Crippen LogP contribution in [0, 0.1) is 0 Å². The van der Waals surface area contributed by atoms with Crippen molar-refractivity contribution < 1.29 is 13.2 Å². The topological polar surface area (TPSA) is 105 Å². The summed E-state index contributed by atoms with van der Waals surface area (Å²) in [6.07, 6.45) is 1.78. The number of hydrogen-bond donors (Lipinski definition) is 2. The number of sulfone groups is 1. The Balaban J connectivity index is 2.17. The lowest BCUT2D eigenvalue weighted by Crippen LogP contribution is -2.51. The summed E-state index contributed by atoms with van der Waals surface area (Å²) in [5.74, 6) is -0.487. The van der Waals surface area contributed by atoms with Crippen LogP contribution in [0.15, 0.2) is 64.5 Å². The zero-order valence-electron chi connectivity index (χ0n) is 14.7. The van der Waals surface area contributed by atoms with E-state index in [1.165, 1.54) is 31.3 Å². The Morgan fingerprint density at radius 2 is 1.85 bits per heavy atom. The van der Waals surface area contributed by atoms with Crippen LogP contribution in [-0.4, -0.2) is 45.1 Å². The van der Waals surface area contributed by atoms with Crippen molar-refractivity contribution in [3.05, 3.63) is 65.7 Å². The molecule has 0 atom stereocenters. The van der Waals surface area contributed by atoms with Gasteiger partial charge in [0, 0.05) is 25.4 Å². The van der Waals surface area contributed by atoms with Gasteiger partial charge in [-0.05, 0) is 30.2 Å². The lowest BCUT2D eigenvalue weighted by Gasteiger charge is -2.22. The van der Waals surface area contributed by atoms with E-state index in [1.54, 1.807) is 0 Å². The van der Waals surface area contributed by atoms with E-state index in [4.69, 9.17) is 5.73 Å². The predicted molar refractivity (Wildman–Crippen MR) is 101 cm³/mol. The monoisotopic (exact) mass is 374 g/mol. The van der Waals surface area contributed by atoms with Gasteiger partial charge in [0.05, 0.1) is 4.90 Å². The van der Waals surface area contributed by atoms with Crippen molar-refractivity contribution >= 4 is 21.7 Å². The van der Waals surface area contributed by atoms with Crippen molar-refractivity contribution in [1.82, 2.24) is 10.4 Å². The smallest absolute Gasteiger partial charge is 0.275 e. The third kappa shape index (κ3) is 5.14. The predicted octanol–water partition coefficient (Wildman–Crippen LogP) is 1.22. The first-order valence-electron chi connectivity index (χ1n) is 7.97. The maximum absolute atomic E-state index is 12.8. The van der Waals surface area contributed by atoms with Gasteiger partial charge in [-0.1, -0.05) is 36.4 Å². The summed E-state index contributed by atoms with van der Waals surface area (Å²) < 4.78 is 23.4. The van der Waals surface area contributed by atoms with Gasteiger partial charge in [0.15, 0.2) is 9.84 Å². The first kappa shape index (κ1) is 19.6. The molecule has 0 aliphatic carbocycles. The highest BCUT2D eigenvalue weighted by atomic mass is 32.2. The van der Waals surface area contributed by atoms with Crippen LogP contribution in [0.5, 0.6) is 0 Å². The van der Waals surface area contributed by atoms with E-state index in [2.05, 4.69) is 10.4 Å². The molecular weight excluding hydrogens is 352 g/mol. The molecule has 2 aromatic carbocycles. The van der Waals surface area contributed by atoms with Gasteiger partial charge in [-0.25, -0.2) is 18.9 Å². The quantitative estimate of drug-likeness (QED) is 0.449. The second-order valence-corrected chi connectivity index (χ2v) is 7.68. The fourth-order valence-electron chi connectivity index (χ4n) is 2.30. The fraction of sp³-hybridized carbons (Fsp3) is 0.222. The van der Waals surface area contributed by atoms with Crippen LogP contribution >= 0.6 is 0 Å². The van der Waals surface area contributed by atoms with Gasteiger partial charge in [0.1, 0.15) is 0 Å². The summed E-state index contributed by atoms with van der Waals surface area (Å²) in [4.78, 5) is 16.7. The number of rotatable bonds is 6. The van der Waals surface area contributed by atoms with Crippen molar-refractivity contribution in [2.75, 3.05) is 19.8 Å². The number of guanidine groups is 1. The number of amides is 1. The molecule has 0 radical (unpaired) electrons. The summed E-state index contributed by atoms with van der Waals surface area (Å²) in [7, 11) is -1.94. The number of hydrogen-bond acceptors (Lipinski definition) is 5. The van der Waals surface area contributed by atoms with E-state index in [1.807, 2.05) is 30.3 Å². The second-order valence-electron chi connectivity index (χ2n) is 5.67. The zero-order valence-corrected chi connectivity index (χ0v) is 15.5. The fourth-order valence-corrected chi connectivity index (χ4v) is 2.97. The van der Waals surface area contributed by atoms with Crippen molar-refractivity contribution in [2.24, 2.45) is 10.7 Å². The largest absolute Gasteiger partial charge is 0.368 e. The molecule has 2 aromatic rings. The van der Waals surface area contributed by atoms with Gasteiger partial charge in [0.25, 0.3) is 5.91 Å². The molecule has 0 spiro atoms. The maximum Gasteiger partial charge on any atom is 0.275 e. The van der Waals surface area contributed by atoms with Crippen LogP contribution in [0.3, 0.4) is 0 Å². The first-order chi connectivity index (χ1) is 12.3. The molecule has 0 aliphatic rings. The highest BCUT2D eigenvalue weighted by molar-refractivity contribution is 7.90. The molecule has 138 valence electrons. The third-order valence-electron chi connectivity index (χ3n) is 3.70. The average Bonchev–Trinajstić information content (AvgIpc) is 2.64. The van der Waals surface area contributed by atoms with Crippen LogP contribution in [0.2, 0.25) is 0 Å². The summed E-state index contributed by atoms with van der Waals surface area (Å²) in [6, 6.07) is 15.6. The molecule has 0 saturated heterocycles. The van der Waals surface area contributed by atoms with Crippen LogP contribution in [0.1, 0.15) is 15.9 Å². The molecule has 0 saturated carbocycles. The summed E-state index contributed by atoms with van der Waals surface area (Å²) in [5.41, 5.74) is 10.1. The highest BCUT2D eigenvalue weighted by Crippen LogP contribution is 2.13. The average molecular weight is 374 g/mol. The second kappa shape index (κ2) is 8.59. The number of aliphatic imine (C=N–C) groups is 1. The van der Waals surface area contributed by atoms with E-state index in [9.17, 15) is 13.2 Å². The molecular formula is C18H22N4O3S. The van der Waals surface area contributed by atoms with Crippen LogP contribution in [0.4, 0.5) is 0 Å². The van der Waals surface area contributed by atoms with Crippen LogP contribution < -0.4 is 11.2 Å². The number of carbonyl (C=O) groups is 1. The van der Waals surface area contributed by atoms with E-state index < -0.39 is 15.7 Å². The summed E-state index contributed by atoms with van der Waals surface area (Å²) in [6.45, 7) is 0.456. The number of nitrogens with two attached hydrogens (primary N) is 1. The lowest BCUT2D eigenvalue weighted by molar-refractivity contribution is 0.0789. The van der Waals surface area contributed by atoms with Gasteiger partial charge >= 0.3 is 0 Å². The molecule has 0 aromatic heterocycles. The first-order valence-corrected chi connectivity index (χ1v) is 9.86. The van der Waals surface area contributed by atoms with Crippen molar-refractivity contribution in [3.8, 4) is 0 Å². The Kier molecular flexibility index (Phi) is 6.48. The molecule has 7 nitrogen and oxygen atoms in total. The van der Waals surface area contributed by atoms with E-state index in [-0.39, 0.29) is 16.4 Å². The third-order valence-corrected chi connectivity index (χ3v) is 4.81. The molecule has 0 fully saturated rings. The number of hydrazine groups is 1. The van der Waals surface area contributed by atoms with E-state index in [0.717, 1.165) is 16.8 Å². The van der Waals surface area contributed by atoms with E-state index >= 15 is 0 Å². The molecule has 0 unspecified atom stereocenters. The Bertz CT molecular complexity index is 896. The Morgan fingerprint density at radius 3 is 2.46 bits per heavy atom. The zero-order chi connectivity index (χ0) is 19.2. The van der Waals surface area contributed by atoms with Gasteiger partial charge in [-0.2, -0.15) is 0 Å². The normalized spacial score (nSPS) is 12.0. The van der Waals surface area contributed by atoms with Crippen molar-refractivity contribution in [3.63, 3.8) is 0 Å². The van der Waals surface area contributed by atoms with Crippen molar-refractivity contribution in [2.45, 2.75) is 11.3 Å². The minimum atomic E-state index is -3.42. The van der Waals surface area contributed by atoms with Gasteiger partial charge in [-0.3, -0.25) is 9.79 Å². The van der Waals surface area contributed by atoms with Crippen LogP contribution in [0.25, 0.3) is 0 Å². The number of nitrogens with zero attached hydrogens (tertiary/aromatic N) is 2. The number of nitrogens with one attached hydrogen (secondary N) is 1. The minimum Gasteiger partial charge on any atom is -0.368 e. The molecule has 2 rings (SSSR count). The molecule has 0 bridgehead atoms. The van der Waals surface area contributed by atoms with Gasteiger partial charge < -0.3 is 5.73 Å². The Hall–Kier alpha value is -2.71. The maximum atomic E-state index is 12.8. The number of carbonyl (C=O) groups excluding carboxylic acids is 1. The molecule has 26 heavy (non-hydrogen) atoms. The highest BCUT2D eigenvalue weighted by Gasteiger charge is 2.20. The van der Waals surface area contributed by atoms with Gasteiger partial charge in [-0.15, -0.1) is 0 Å². The molecule has 8 heteroatoms.